The smallest absolute Gasteiger partial charge is 0.260 e. The zero-order valence-electron chi connectivity index (χ0n) is 21.0. The summed E-state index contributed by atoms with van der Waals surface area (Å²) in [7, 11) is 1.87. The number of allylic oxidation sites excluding steroid dienone is 1. The van der Waals surface area contributed by atoms with E-state index in [4.69, 9.17) is 0 Å². The number of aryl methyl sites for hydroxylation is 1. The predicted octanol–water partition coefficient (Wildman–Crippen LogP) is 2.62. The van der Waals surface area contributed by atoms with Gasteiger partial charge in [-0.05, 0) is 46.2 Å². The number of dihydropyridines is 1. The fourth-order valence-electron chi connectivity index (χ4n) is 4.72. The van der Waals surface area contributed by atoms with Gasteiger partial charge in [-0.2, -0.15) is 10.2 Å². The number of hydrogen-bond acceptors (Lipinski definition) is 7. The molecule has 1 unspecified atom stereocenters. The zero-order valence-corrected chi connectivity index (χ0v) is 21.9. The van der Waals surface area contributed by atoms with Gasteiger partial charge in [0.15, 0.2) is 0 Å². The Morgan fingerprint density at radius 2 is 2.06 bits per heavy atom. The first kappa shape index (κ1) is 24.3. The molecule has 190 valence electrons. The Hall–Kier alpha value is -3.44. The molecule has 2 aliphatic heterocycles. The first-order chi connectivity index (χ1) is 17.2. The van der Waals surface area contributed by atoms with Gasteiger partial charge in [0.2, 0.25) is 5.91 Å². The molecule has 5 heterocycles. The fourth-order valence-corrected chi connectivity index (χ4v) is 5.75. The Bertz CT molecular complexity index is 1360. The maximum absolute atomic E-state index is 13.2. The average Bonchev–Trinajstić information content (AvgIpc) is 3.58. The highest BCUT2D eigenvalue weighted by Gasteiger charge is 2.31. The highest BCUT2D eigenvalue weighted by molar-refractivity contribution is 7.21. The minimum Gasteiger partial charge on any atom is -0.381 e. The molecule has 1 saturated heterocycles. The van der Waals surface area contributed by atoms with Crippen molar-refractivity contribution in [2.45, 2.75) is 51.6 Å². The van der Waals surface area contributed by atoms with E-state index < -0.39 is 0 Å². The minimum atomic E-state index is -0.242. The maximum Gasteiger partial charge on any atom is 0.260 e. The lowest BCUT2D eigenvalue weighted by Gasteiger charge is -2.31. The molecule has 3 aromatic rings. The molecule has 10 nitrogen and oxygen atoms in total. The van der Waals surface area contributed by atoms with Crippen LogP contribution in [-0.4, -0.2) is 60.8 Å². The summed E-state index contributed by atoms with van der Waals surface area (Å²) in [6, 6.07) is -0.111. The van der Waals surface area contributed by atoms with Crippen molar-refractivity contribution in [2.75, 3.05) is 13.1 Å². The summed E-state index contributed by atoms with van der Waals surface area (Å²) in [5.41, 5.74) is 2.94. The number of nitrogens with one attached hydrogen (secondary N) is 3. The molecule has 0 aliphatic carbocycles. The van der Waals surface area contributed by atoms with Crippen molar-refractivity contribution in [3.05, 3.63) is 54.0 Å². The Labute approximate surface area is 214 Å². The number of likely N-dealkylation sites (tertiary alicyclic amines) is 1. The van der Waals surface area contributed by atoms with Gasteiger partial charge in [0.05, 0.1) is 34.6 Å². The summed E-state index contributed by atoms with van der Waals surface area (Å²) in [6.07, 6.45) is 13.5. The van der Waals surface area contributed by atoms with E-state index in [-0.39, 0.29) is 23.4 Å². The molecule has 0 radical (unpaired) electrons. The highest BCUT2D eigenvalue weighted by atomic mass is 32.1. The highest BCUT2D eigenvalue weighted by Crippen LogP contribution is 2.30. The third-order valence-electron chi connectivity index (χ3n) is 6.92. The van der Waals surface area contributed by atoms with Crippen LogP contribution in [0.2, 0.25) is 0 Å². The molecular formula is C25H32N8O2S. The summed E-state index contributed by atoms with van der Waals surface area (Å²) in [6.45, 7) is 8.19. The Kier molecular flexibility index (Phi) is 6.44. The van der Waals surface area contributed by atoms with Gasteiger partial charge in [0, 0.05) is 55.4 Å². The summed E-state index contributed by atoms with van der Waals surface area (Å²) >= 11 is 1.49. The van der Waals surface area contributed by atoms with E-state index in [0.717, 1.165) is 34.8 Å². The number of nitrogens with zero attached hydrogens (tertiary/aromatic N) is 5. The van der Waals surface area contributed by atoms with Gasteiger partial charge < -0.3 is 16.0 Å². The van der Waals surface area contributed by atoms with Crippen LogP contribution in [0, 0.1) is 0 Å². The van der Waals surface area contributed by atoms with Crippen molar-refractivity contribution in [1.29, 1.82) is 0 Å². The lowest BCUT2D eigenvalue weighted by atomic mass is 10.0. The van der Waals surface area contributed by atoms with E-state index in [1.165, 1.54) is 17.8 Å². The number of thiazole rings is 1. The van der Waals surface area contributed by atoms with Crippen LogP contribution in [0.4, 0.5) is 0 Å². The largest absolute Gasteiger partial charge is 0.381 e. The second-order valence-electron chi connectivity index (χ2n) is 10.0. The molecule has 1 atom stereocenters. The van der Waals surface area contributed by atoms with Crippen molar-refractivity contribution < 1.29 is 9.59 Å². The molecule has 1 fully saturated rings. The monoisotopic (exact) mass is 508 g/mol. The fraction of sp³-hybridized carbons (Fsp3) is 0.440. The number of aromatic nitrogens is 4. The van der Waals surface area contributed by atoms with Gasteiger partial charge in [-0.25, -0.2) is 4.52 Å². The standard InChI is InChI=1S/C25H32N8O2S/c1-16-20(10-18(12-26-16)29-22(34)6-9-32-8-5-7-25(32,2)3)30-23(35)19-13-28-33-15-21(36-24(19)33)17-11-27-31(4)14-17/h10-16,26H,5-9H2,1-4H3,(H,29,34)(H,30,35). The lowest BCUT2D eigenvalue weighted by molar-refractivity contribution is -0.120. The van der Waals surface area contributed by atoms with Crippen molar-refractivity contribution in [1.82, 2.24) is 40.2 Å². The van der Waals surface area contributed by atoms with Crippen LogP contribution in [0.3, 0.4) is 0 Å². The van der Waals surface area contributed by atoms with E-state index in [9.17, 15) is 9.59 Å². The first-order valence-electron chi connectivity index (χ1n) is 12.2. The molecule has 5 rings (SSSR count). The SMILES string of the molecule is CC1NC=C(NC(=O)CCN2CCCC2(C)C)C=C1NC(=O)c1cnn2cc(-c3cnn(C)c3)sc12. The Morgan fingerprint density at radius 1 is 1.22 bits per heavy atom. The third-order valence-corrected chi connectivity index (χ3v) is 8.08. The first-order valence-corrected chi connectivity index (χ1v) is 13.0. The molecule has 3 N–H and O–H groups in total. The number of hydrogen-bond donors (Lipinski definition) is 3. The van der Waals surface area contributed by atoms with Crippen molar-refractivity contribution in [3.63, 3.8) is 0 Å². The number of rotatable bonds is 7. The normalized spacial score (nSPS) is 19.6. The maximum atomic E-state index is 13.2. The van der Waals surface area contributed by atoms with E-state index in [1.807, 2.05) is 32.4 Å². The van der Waals surface area contributed by atoms with Crippen LogP contribution in [0.25, 0.3) is 15.3 Å². The number of fused-ring (bicyclic) bond motifs is 1. The molecule has 0 spiro atoms. The number of amides is 2. The second-order valence-corrected chi connectivity index (χ2v) is 11.1. The number of carbonyl (C=O) groups excluding carboxylic acids is 2. The molecule has 3 aromatic heterocycles. The van der Waals surface area contributed by atoms with Crippen LogP contribution in [0.5, 0.6) is 0 Å². The summed E-state index contributed by atoms with van der Waals surface area (Å²) in [5.74, 6) is -0.282. The van der Waals surface area contributed by atoms with E-state index in [0.29, 0.717) is 23.4 Å². The van der Waals surface area contributed by atoms with E-state index in [2.05, 4.69) is 44.9 Å². The molecule has 0 aromatic carbocycles. The van der Waals surface area contributed by atoms with E-state index >= 15 is 0 Å². The van der Waals surface area contributed by atoms with Gasteiger partial charge in [-0.15, -0.1) is 11.3 Å². The molecule has 11 heteroatoms. The topological polar surface area (TPSA) is 109 Å². The zero-order chi connectivity index (χ0) is 25.4. The minimum absolute atomic E-state index is 0.0397. The number of carbonyl (C=O) groups is 2. The lowest BCUT2D eigenvalue weighted by Crippen LogP contribution is -2.41. The average molecular weight is 509 g/mol. The summed E-state index contributed by atoms with van der Waals surface area (Å²) < 4.78 is 3.46. The summed E-state index contributed by atoms with van der Waals surface area (Å²) in [5, 5.41) is 17.8. The molecule has 0 bridgehead atoms. The van der Waals surface area contributed by atoms with Gasteiger partial charge >= 0.3 is 0 Å². The van der Waals surface area contributed by atoms with Gasteiger partial charge in [-0.1, -0.05) is 0 Å². The predicted molar refractivity (Wildman–Crippen MR) is 139 cm³/mol. The van der Waals surface area contributed by atoms with Crippen LogP contribution in [0.1, 0.15) is 50.4 Å². The molecular weight excluding hydrogens is 476 g/mol. The van der Waals surface area contributed by atoms with Crippen LogP contribution in [-0.2, 0) is 11.8 Å². The summed E-state index contributed by atoms with van der Waals surface area (Å²) in [4.78, 5) is 29.9. The molecule has 2 aliphatic rings. The van der Waals surface area contributed by atoms with E-state index in [1.54, 1.807) is 27.8 Å². The van der Waals surface area contributed by atoms with Crippen LogP contribution >= 0.6 is 11.3 Å². The third kappa shape index (κ3) is 4.93. The second kappa shape index (κ2) is 9.55. The Morgan fingerprint density at radius 3 is 2.78 bits per heavy atom. The van der Waals surface area contributed by atoms with Gasteiger partial charge in [0.25, 0.3) is 5.91 Å². The van der Waals surface area contributed by atoms with Crippen LogP contribution < -0.4 is 16.0 Å². The quantitative estimate of drug-likeness (QED) is 0.453. The van der Waals surface area contributed by atoms with Crippen LogP contribution in [0.15, 0.2) is 48.5 Å². The molecule has 0 saturated carbocycles. The van der Waals surface area contributed by atoms with Crippen molar-refractivity contribution in [3.8, 4) is 10.4 Å². The van der Waals surface area contributed by atoms with Gasteiger partial charge in [-0.3, -0.25) is 19.2 Å². The Balaban J connectivity index is 1.24. The molecule has 36 heavy (non-hydrogen) atoms. The van der Waals surface area contributed by atoms with Crippen molar-refractivity contribution >= 4 is 28.0 Å². The molecule has 2 amide bonds. The van der Waals surface area contributed by atoms with Gasteiger partial charge in [0.1, 0.15) is 4.83 Å². The van der Waals surface area contributed by atoms with Crippen molar-refractivity contribution in [2.24, 2.45) is 7.05 Å².